The summed E-state index contributed by atoms with van der Waals surface area (Å²) >= 11 is 0. The van der Waals surface area contributed by atoms with Gasteiger partial charge in [-0.25, -0.2) is 9.82 Å². The number of carbonyl (C=O) groups is 2. The fourth-order valence-corrected chi connectivity index (χ4v) is 5.37. The summed E-state index contributed by atoms with van der Waals surface area (Å²) in [6, 6.07) is 11.1. The Balaban J connectivity index is 0.00000202. The maximum absolute atomic E-state index is 14.9. The van der Waals surface area contributed by atoms with Crippen molar-refractivity contribution in [1.82, 2.24) is 15.3 Å². The molecule has 2 aromatic rings. The summed E-state index contributed by atoms with van der Waals surface area (Å²) in [4.78, 5) is 33.7. The van der Waals surface area contributed by atoms with Crippen LogP contribution in [0.2, 0.25) is 0 Å². The molecule has 4 aliphatic rings. The van der Waals surface area contributed by atoms with E-state index in [1.54, 1.807) is 29.2 Å². The Morgan fingerprint density at radius 3 is 2.67 bits per heavy atom. The Kier molecular flexibility index (Phi) is 10.2. The largest absolute Gasteiger partial charge is 2.00 e. The number of hydrazone groups is 1. The van der Waals surface area contributed by atoms with Gasteiger partial charge in [0.25, 0.3) is 11.8 Å². The van der Waals surface area contributed by atoms with E-state index in [1.807, 2.05) is 17.0 Å². The zero-order valence-electron chi connectivity index (χ0n) is 23.4. The normalized spacial score (nSPS) is 19.8. The molecule has 1 atom stereocenters. The molecule has 1 aromatic heterocycles. The van der Waals surface area contributed by atoms with Gasteiger partial charge in [-0.3, -0.25) is 14.9 Å². The van der Waals surface area contributed by atoms with Crippen LogP contribution in [0.25, 0.3) is 0 Å². The van der Waals surface area contributed by atoms with Crippen LogP contribution in [-0.2, 0) is 16.0 Å². The molecule has 0 bridgehead atoms. The van der Waals surface area contributed by atoms with Crippen molar-refractivity contribution in [2.45, 2.75) is 38.2 Å². The minimum atomic E-state index is -0.573. The van der Waals surface area contributed by atoms with Crippen molar-refractivity contribution in [2.24, 2.45) is 11.0 Å². The summed E-state index contributed by atoms with van der Waals surface area (Å²) in [6.07, 6.45) is 9.58. The first-order valence-corrected chi connectivity index (χ1v) is 13.5. The van der Waals surface area contributed by atoms with Crippen molar-refractivity contribution in [2.75, 3.05) is 31.1 Å². The fourth-order valence-electron chi connectivity index (χ4n) is 5.37. The summed E-state index contributed by atoms with van der Waals surface area (Å²) in [5, 5.41) is 13.3. The average Bonchev–Trinajstić information content (AvgIpc) is 2.97. The quantitative estimate of drug-likeness (QED) is 0.447. The summed E-state index contributed by atoms with van der Waals surface area (Å²) in [5.74, 6) is 0.149. The Bertz CT molecular complexity index is 1470. The van der Waals surface area contributed by atoms with Gasteiger partial charge in [0.1, 0.15) is 5.82 Å². The minimum absolute atomic E-state index is 0. The number of pyridine rings is 1. The van der Waals surface area contributed by atoms with Crippen molar-refractivity contribution in [1.29, 1.82) is 5.26 Å². The number of ether oxygens (including phenoxy) is 1. The van der Waals surface area contributed by atoms with Gasteiger partial charge in [0, 0.05) is 56.3 Å². The van der Waals surface area contributed by atoms with Gasteiger partial charge in [0.15, 0.2) is 0 Å². The number of hydrogen-bond donors (Lipinski definition) is 1. The number of carbonyl (C=O) groups excluding carboxylic acids is 2. The van der Waals surface area contributed by atoms with Gasteiger partial charge < -0.3 is 26.9 Å². The third-order valence-electron chi connectivity index (χ3n) is 7.91. The predicted octanol–water partition coefficient (Wildman–Crippen LogP) is 3.73. The molecule has 2 aliphatic heterocycles. The second-order valence-electron chi connectivity index (χ2n) is 10.4. The van der Waals surface area contributed by atoms with Crippen LogP contribution < -0.4 is 10.3 Å². The topological polar surface area (TPSA) is 111 Å². The SMILES string of the molecule is N#Cc1[c-]cc(N2CCN(C(=O)c3cc(CC4=NNC(=O)C5=CC=C(OC6CCC6)CC54)ccc3F)CC2)nc1.[CH3-].[U+2]. The van der Waals surface area contributed by atoms with Crippen LogP contribution in [0.4, 0.5) is 10.2 Å². The Morgan fingerprint density at radius 1 is 1.21 bits per heavy atom. The maximum atomic E-state index is 14.9. The standard InChI is InChI=1S/C30H28FN6O3.CH3.U/c31-26-8-4-19(15-27-24-16-22(40-21-2-1-3-21)6-7-23(24)29(38)35-34-27)14-25(26)30(39)37-12-10-36(11-13-37)28-9-5-20(17-32)18-33-28;;/h4,6-9,14,18,21,24H,1-3,10-13,15-16H2,(H,35,38);1H3;/q2*-1;+2. The predicted molar refractivity (Wildman–Crippen MR) is 151 cm³/mol. The van der Waals surface area contributed by atoms with Crippen molar-refractivity contribution >= 4 is 23.3 Å². The van der Waals surface area contributed by atoms with E-state index in [1.165, 1.54) is 18.7 Å². The van der Waals surface area contributed by atoms with Gasteiger partial charge in [-0.2, -0.15) is 5.10 Å². The van der Waals surface area contributed by atoms with Crippen LogP contribution in [0.1, 0.15) is 47.2 Å². The van der Waals surface area contributed by atoms with Gasteiger partial charge in [0.05, 0.1) is 23.1 Å². The van der Waals surface area contributed by atoms with Crippen LogP contribution in [0, 0.1) is 67.7 Å². The van der Waals surface area contributed by atoms with E-state index < -0.39 is 5.82 Å². The molecular formula is C31H31FN6O3U. The summed E-state index contributed by atoms with van der Waals surface area (Å²) < 4.78 is 21.0. The molecule has 11 heteroatoms. The van der Waals surface area contributed by atoms with E-state index in [0.717, 1.165) is 29.9 Å². The molecule has 214 valence electrons. The molecule has 42 heavy (non-hydrogen) atoms. The number of halogens is 1. The molecule has 1 unspecified atom stereocenters. The number of amides is 2. The molecule has 1 saturated heterocycles. The molecule has 0 spiro atoms. The zero-order chi connectivity index (χ0) is 27.6. The first kappa shape index (κ1) is 31.5. The van der Waals surface area contributed by atoms with Crippen molar-refractivity contribution in [3.8, 4) is 6.07 Å². The molecular weight excluding hydrogens is 761 g/mol. The van der Waals surface area contributed by atoms with E-state index in [-0.39, 0.29) is 67.9 Å². The Morgan fingerprint density at radius 2 is 2.00 bits per heavy atom. The number of aromatic nitrogens is 1. The van der Waals surface area contributed by atoms with Crippen molar-refractivity contribution < 1.29 is 49.8 Å². The number of nitriles is 1. The van der Waals surface area contributed by atoms with Crippen LogP contribution >= 0.6 is 0 Å². The van der Waals surface area contributed by atoms with Gasteiger partial charge >= 0.3 is 31.1 Å². The van der Waals surface area contributed by atoms with Crippen LogP contribution in [-0.4, -0.2) is 59.7 Å². The third kappa shape index (κ3) is 6.61. The number of allylic oxidation sites excluding steroid dienone is 3. The summed E-state index contributed by atoms with van der Waals surface area (Å²) in [6.45, 7) is 1.89. The molecule has 0 radical (unpaired) electrons. The van der Waals surface area contributed by atoms with E-state index in [0.29, 0.717) is 56.0 Å². The summed E-state index contributed by atoms with van der Waals surface area (Å²) in [7, 11) is 0. The second kappa shape index (κ2) is 13.7. The molecule has 1 saturated carbocycles. The number of nitrogens with one attached hydrogen (secondary N) is 1. The van der Waals surface area contributed by atoms with Gasteiger partial charge in [-0.1, -0.05) is 11.6 Å². The molecule has 3 heterocycles. The van der Waals surface area contributed by atoms with E-state index in [4.69, 9.17) is 10.00 Å². The second-order valence-corrected chi connectivity index (χ2v) is 10.4. The average molecular weight is 793 g/mol. The fraction of sp³-hybridized carbons (Fsp3) is 0.355. The van der Waals surface area contributed by atoms with Gasteiger partial charge in [-0.15, -0.1) is 12.1 Å². The van der Waals surface area contributed by atoms with E-state index >= 15 is 0 Å². The van der Waals surface area contributed by atoms with Gasteiger partial charge in [0.2, 0.25) is 0 Å². The van der Waals surface area contributed by atoms with Crippen molar-refractivity contribution in [3.05, 3.63) is 89.9 Å². The number of hydrogen-bond acceptors (Lipinski definition) is 7. The molecule has 1 aromatic carbocycles. The smallest absolute Gasteiger partial charge is 0.495 e. The molecule has 2 fully saturated rings. The Hall–Kier alpha value is -3.47. The monoisotopic (exact) mass is 792 g/mol. The summed E-state index contributed by atoms with van der Waals surface area (Å²) in [5.41, 5.74) is 5.10. The number of anilines is 1. The molecule has 2 amide bonds. The Labute approximate surface area is 268 Å². The number of benzene rings is 1. The van der Waals surface area contributed by atoms with Crippen molar-refractivity contribution in [3.63, 3.8) is 0 Å². The van der Waals surface area contributed by atoms with Crippen LogP contribution in [0.5, 0.6) is 0 Å². The van der Waals surface area contributed by atoms with Crippen LogP contribution in [0.15, 0.2) is 59.0 Å². The molecule has 6 rings (SSSR count). The number of rotatable bonds is 6. The molecule has 2 aliphatic carbocycles. The minimum Gasteiger partial charge on any atom is -0.495 e. The number of fused-ring (bicyclic) bond motifs is 1. The van der Waals surface area contributed by atoms with E-state index in [2.05, 4.69) is 21.6 Å². The zero-order valence-corrected chi connectivity index (χ0v) is 27.6. The maximum Gasteiger partial charge on any atom is 2.00 e. The number of piperazine rings is 1. The van der Waals surface area contributed by atoms with E-state index in [9.17, 15) is 14.0 Å². The first-order valence-electron chi connectivity index (χ1n) is 13.5. The third-order valence-corrected chi connectivity index (χ3v) is 7.91. The first-order chi connectivity index (χ1) is 19.5. The molecule has 1 N–H and O–H groups in total. The van der Waals surface area contributed by atoms with Crippen LogP contribution in [0.3, 0.4) is 0 Å². The molecule has 9 nitrogen and oxygen atoms in total. The van der Waals surface area contributed by atoms with Gasteiger partial charge in [-0.05, 0) is 61.4 Å². The number of nitrogens with zero attached hydrogens (tertiary/aromatic N) is 5.